The van der Waals surface area contributed by atoms with Gasteiger partial charge in [-0.3, -0.25) is 0 Å². The molecule has 1 aliphatic rings. The van der Waals surface area contributed by atoms with Gasteiger partial charge in [0.2, 0.25) is 0 Å². The number of cyclic esters (lactones) is 2. The van der Waals surface area contributed by atoms with Gasteiger partial charge in [-0.25, -0.2) is 9.59 Å². The Hall–Kier alpha value is -2.50. The van der Waals surface area contributed by atoms with E-state index >= 15 is 0 Å². The van der Waals surface area contributed by atoms with Crippen LogP contribution in [0.15, 0.2) is 36.0 Å². The number of hydrogen-bond donors (Lipinski definition) is 1. The summed E-state index contributed by atoms with van der Waals surface area (Å²) < 4.78 is 15.0. The van der Waals surface area contributed by atoms with Gasteiger partial charge in [0.25, 0.3) is 5.79 Å². The van der Waals surface area contributed by atoms with Crippen LogP contribution in [-0.2, 0) is 25.6 Å². The normalized spacial score (nSPS) is 16.8. The molecule has 0 atom stereocenters. The lowest BCUT2D eigenvalue weighted by molar-refractivity contribution is -0.222. The van der Waals surface area contributed by atoms with E-state index in [1.807, 2.05) is 24.3 Å². The zero-order valence-electron chi connectivity index (χ0n) is 12.1. The number of methoxy groups -OCH3 is 1. The third-order valence-electron chi connectivity index (χ3n) is 2.83. The minimum absolute atomic E-state index is 0.150. The molecule has 6 nitrogen and oxygen atoms in total. The Morgan fingerprint density at radius 2 is 1.71 bits per heavy atom. The van der Waals surface area contributed by atoms with Gasteiger partial charge < -0.3 is 19.5 Å². The summed E-state index contributed by atoms with van der Waals surface area (Å²) >= 11 is 0. The van der Waals surface area contributed by atoms with Crippen molar-refractivity contribution in [3.8, 4) is 5.75 Å². The fourth-order valence-corrected chi connectivity index (χ4v) is 1.79. The Kier molecular flexibility index (Phi) is 4.16. The van der Waals surface area contributed by atoms with Crippen molar-refractivity contribution in [2.24, 2.45) is 0 Å². The average Bonchev–Trinajstić information content (AvgIpc) is 2.41. The van der Waals surface area contributed by atoms with Crippen LogP contribution in [0.5, 0.6) is 5.75 Å². The number of nitrogens with one attached hydrogen (secondary N) is 1. The third-order valence-corrected chi connectivity index (χ3v) is 2.83. The summed E-state index contributed by atoms with van der Waals surface area (Å²) in [5.41, 5.74) is 0.827. The van der Waals surface area contributed by atoms with Crippen LogP contribution in [0.25, 0.3) is 0 Å². The molecular weight excluding hydrogens is 274 g/mol. The number of carbonyl (C=O) groups is 2. The van der Waals surface area contributed by atoms with Gasteiger partial charge in [0.05, 0.1) is 7.11 Å². The highest BCUT2D eigenvalue weighted by atomic mass is 16.7. The van der Waals surface area contributed by atoms with E-state index in [4.69, 9.17) is 14.2 Å². The second-order valence-corrected chi connectivity index (χ2v) is 4.97. The molecule has 6 heteroatoms. The Bertz CT molecular complexity index is 552. The van der Waals surface area contributed by atoms with E-state index in [0.717, 1.165) is 11.3 Å². The Morgan fingerprint density at radius 1 is 1.14 bits per heavy atom. The first-order valence-electron chi connectivity index (χ1n) is 6.44. The summed E-state index contributed by atoms with van der Waals surface area (Å²) in [6.07, 6.45) is 1.31. The van der Waals surface area contributed by atoms with Crippen LogP contribution >= 0.6 is 0 Å². The van der Waals surface area contributed by atoms with Crippen LogP contribution in [0.4, 0.5) is 0 Å². The fraction of sp³-hybridized carbons (Fsp3) is 0.333. The zero-order chi connectivity index (χ0) is 15.5. The molecule has 1 aromatic rings. The predicted octanol–water partition coefficient (Wildman–Crippen LogP) is 1.50. The minimum atomic E-state index is -1.22. The zero-order valence-corrected chi connectivity index (χ0v) is 12.1. The van der Waals surface area contributed by atoms with Gasteiger partial charge in [0.15, 0.2) is 5.57 Å². The quantitative estimate of drug-likeness (QED) is 0.515. The fourth-order valence-electron chi connectivity index (χ4n) is 1.79. The molecule has 0 unspecified atom stereocenters. The van der Waals surface area contributed by atoms with E-state index in [1.54, 1.807) is 7.11 Å². The van der Waals surface area contributed by atoms with Crippen LogP contribution in [0.3, 0.4) is 0 Å². The highest BCUT2D eigenvalue weighted by Gasteiger charge is 2.38. The Morgan fingerprint density at radius 3 is 2.24 bits per heavy atom. The molecule has 1 saturated heterocycles. The van der Waals surface area contributed by atoms with E-state index in [9.17, 15) is 9.59 Å². The van der Waals surface area contributed by atoms with Crippen molar-refractivity contribution in [3.63, 3.8) is 0 Å². The topological polar surface area (TPSA) is 73.9 Å². The lowest BCUT2D eigenvalue weighted by atomic mass is 10.2. The average molecular weight is 291 g/mol. The highest BCUT2D eigenvalue weighted by molar-refractivity contribution is 6.15. The molecule has 0 aromatic heterocycles. The molecule has 1 aliphatic heterocycles. The van der Waals surface area contributed by atoms with Gasteiger partial charge in [-0.2, -0.15) is 0 Å². The maximum atomic E-state index is 11.7. The van der Waals surface area contributed by atoms with Crippen LogP contribution in [-0.4, -0.2) is 24.8 Å². The number of carbonyl (C=O) groups excluding carboxylic acids is 2. The molecule has 21 heavy (non-hydrogen) atoms. The van der Waals surface area contributed by atoms with E-state index in [1.165, 1.54) is 20.0 Å². The van der Waals surface area contributed by atoms with Crippen LogP contribution in [0.1, 0.15) is 19.4 Å². The van der Waals surface area contributed by atoms with Gasteiger partial charge in [-0.1, -0.05) is 12.1 Å². The maximum absolute atomic E-state index is 11.7. The molecular formula is C15H17NO5. The van der Waals surface area contributed by atoms with E-state index in [2.05, 4.69) is 5.32 Å². The number of hydrogen-bond acceptors (Lipinski definition) is 6. The minimum Gasteiger partial charge on any atom is -0.497 e. The predicted molar refractivity (Wildman–Crippen MR) is 74.2 cm³/mol. The van der Waals surface area contributed by atoms with E-state index < -0.39 is 17.7 Å². The van der Waals surface area contributed by atoms with E-state index in [0.29, 0.717) is 6.54 Å². The molecule has 0 amide bonds. The van der Waals surface area contributed by atoms with Gasteiger partial charge >= 0.3 is 11.9 Å². The smallest absolute Gasteiger partial charge is 0.350 e. The summed E-state index contributed by atoms with van der Waals surface area (Å²) in [7, 11) is 1.60. The Labute approximate surface area is 122 Å². The van der Waals surface area contributed by atoms with Gasteiger partial charge in [0, 0.05) is 26.6 Å². The van der Waals surface area contributed by atoms with Gasteiger partial charge in [0.1, 0.15) is 5.75 Å². The number of benzene rings is 1. The van der Waals surface area contributed by atoms with Crippen molar-refractivity contribution >= 4 is 11.9 Å². The number of esters is 2. The Balaban J connectivity index is 1.97. The van der Waals surface area contributed by atoms with Crippen LogP contribution in [0.2, 0.25) is 0 Å². The molecule has 1 heterocycles. The van der Waals surface area contributed by atoms with Crippen molar-refractivity contribution in [2.75, 3.05) is 7.11 Å². The standard InChI is InChI=1S/C15H17NO5/c1-15(2)20-13(17)12(14(18)21-15)9-16-8-10-4-6-11(19-3)7-5-10/h4-7,9,16H,8H2,1-3H3. The second-order valence-electron chi connectivity index (χ2n) is 4.97. The first-order chi connectivity index (χ1) is 9.91. The monoisotopic (exact) mass is 291 g/mol. The second kappa shape index (κ2) is 5.87. The maximum Gasteiger partial charge on any atom is 0.350 e. The first-order valence-corrected chi connectivity index (χ1v) is 6.44. The molecule has 0 bridgehead atoms. The molecule has 0 saturated carbocycles. The molecule has 1 aromatic carbocycles. The van der Waals surface area contributed by atoms with Crippen LogP contribution < -0.4 is 10.1 Å². The van der Waals surface area contributed by atoms with Crippen molar-refractivity contribution in [1.29, 1.82) is 0 Å². The van der Waals surface area contributed by atoms with E-state index in [-0.39, 0.29) is 5.57 Å². The highest BCUT2D eigenvalue weighted by Crippen LogP contribution is 2.22. The van der Waals surface area contributed by atoms with Crippen molar-refractivity contribution in [2.45, 2.75) is 26.2 Å². The molecule has 112 valence electrons. The van der Waals surface area contributed by atoms with Gasteiger partial charge in [-0.15, -0.1) is 0 Å². The summed E-state index contributed by atoms with van der Waals surface area (Å²) in [4.78, 5) is 23.4. The summed E-state index contributed by atoms with van der Waals surface area (Å²) in [5, 5.41) is 2.89. The van der Waals surface area contributed by atoms with Crippen LogP contribution in [0, 0.1) is 0 Å². The third kappa shape index (κ3) is 3.75. The lowest BCUT2D eigenvalue weighted by Gasteiger charge is -2.29. The molecule has 0 aliphatic carbocycles. The molecule has 0 radical (unpaired) electrons. The summed E-state index contributed by atoms with van der Waals surface area (Å²) in [6.45, 7) is 3.46. The SMILES string of the molecule is COc1ccc(CNC=C2C(=O)OC(C)(C)OC2=O)cc1. The molecule has 0 spiro atoms. The lowest BCUT2D eigenvalue weighted by Crippen LogP contribution is -2.42. The van der Waals surface area contributed by atoms with Crippen molar-refractivity contribution in [3.05, 3.63) is 41.6 Å². The van der Waals surface area contributed by atoms with Crippen molar-refractivity contribution < 1.29 is 23.8 Å². The summed E-state index contributed by atoms with van der Waals surface area (Å²) in [6, 6.07) is 7.42. The van der Waals surface area contributed by atoms with Crippen molar-refractivity contribution in [1.82, 2.24) is 5.32 Å². The molecule has 1 fully saturated rings. The number of ether oxygens (including phenoxy) is 3. The first kappa shape index (κ1) is 14.9. The number of rotatable bonds is 4. The summed E-state index contributed by atoms with van der Waals surface area (Å²) in [5.74, 6) is -1.85. The largest absolute Gasteiger partial charge is 0.497 e. The molecule has 2 rings (SSSR count). The van der Waals surface area contributed by atoms with Gasteiger partial charge in [-0.05, 0) is 17.7 Å². The molecule has 1 N–H and O–H groups in total.